The van der Waals surface area contributed by atoms with E-state index in [1.807, 2.05) is 11.8 Å². The summed E-state index contributed by atoms with van der Waals surface area (Å²) in [6.45, 7) is 16.7. The van der Waals surface area contributed by atoms with Crippen molar-refractivity contribution in [2.75, 3.05) is 18.4 Å². The SMILES string of the molecule is C=CC(=O)N1CC[C@]2(C1)C[C@H](n1c(NC(=O)c3ccnc(C)c3)nc3cc(CN[C@@H](C)C(C)(C)C)ccc31)C2. The molecule has 1 aliphatic heterocycles. The van der Waals surface area contributed by atoms with Crippen LogP contribution < -0.4 is 10.6 Å². The van der Waals surface area contributed by atoms with E-state index in [-0.39, 0.29) is 28.7 Å². The number of benzene rings is 1. The number of amides is 2. The van der Waals surface area contributed by atoms with Gasteiger partial charge in [-0.25, -0.2) is 4.98 Å². The first-order valence-electron chi connectivity index (χ1n) is 13.9. The van der Waals surface area contributed by atoms with E-state index in [0.717, 1.165) is 61.2 Å². The minimum Gasteiger partial charge on any atom is -0.339 e. The fourth-order valence-electron chi connectivity index (χ4n) is 5.86. The van der Waals surface area contributed by atoms with Crippen LogP contribution in [0, 0.1) is 17.8 Å². The lowest BCUT2D eigenvalue weighted by molar-refractivity contribution is -0.125. The number of carbonyl (C=O) groups excluding carboxylic acids is 2. The van der Waals surface area contributed by atoms with E-state index < -0.39 is 0 Å². The summed E-state index contributed by atoms with van der Waals surface area (Å²) < 4.78 is 2.19. The fourth-order valence-corrected chi connectivity index (χ4v) is 5.86. The molecular formula is C31H40N6O2. The Kier molecular flexibility index (Phi) is 7.10. The van der Waals surface area contributed by atoms with Crippen molar-refractivity contribution in [2.24, 2.45) is 10.8 Å². The minimum atomic E-state index is -0.199. The number of aryl methyl sites for hydroxylation is 1. The Hall–Kier alpha value is -3.52. The van der Waals surface area contributed by atoms with E-state index in [1.54, 1.807) is 18.3 Å². The fraction of sp³-hybridized carbons (Fsp3) is 0.484. The Morgan fingerprint density at radius 3 is 2.69 bits per heavy atom. The average molecular weight is 529 g/mol. The van der Waals surface area contributed by atoms with Crippen LogP contribution in [-0.2, 0) is 11.3 Å². The lowest BCUT2D eigenvalue weighted by Crippen LogP contribution is -2.42. The number of nitrogens with zero attached hydrogens (tertiary/aromatic N) is 4. The lowest BCUT2D eigenvalue weighted by atomic mass is 9.64. The number of rotatable bonds is 7. The molecule has 1 aromatic carbocycles. The maximum atomic E-state index is 13.2. The second-order valence-electron chi connectivity index (χ2n) is 12.5. The van der Waals surface area contributed by atoms with Gasteiger partial charge in [-0.2, -0.15) is 0 Å². The molecule has 3 heterocycles. The lowest BCUT2D eigenvalue weighted by Gasteiger charge is -2.46. The third-order valence-electron chi connectivity index (χ3n) is 8.68. The predicted octanol–water partition coefficient (Wildman–Crippen LogP) is 5.26. The number of imidazole rings is 1. The van der Waals surface area contributed by atoms with Gasteiger partial charge in [0.1, 0.15) is 0 Å². The summed E-state index contributed by atoms with van der Waals surface area (Å²) in [5, 5.41) is 6.72. The van der Waals surface area contributed by atoms with Crippen LogP contribution in [0.4, 0.5) is 5.95 Å². The molecule has 2 aliphatic rings. The molecular weight excluding hydrogens is 488 g/mol. The first-order chi connectivity index (χ1) is 18.5. The molecule has 1 atom stereocenters. The Labute approximate surface area is 230 Å². The molecule has 8 nitrogen and oxygen atoms in total. The molecule has 5 rings (SSSR count). The number of pyridine rings is 1. The van der Waals surface area contributed by atoms with E-state index in [4.69, 9.17) is 4.98 Å². The summed E-state index contributed by atoms with van der Waals surface area (Å²) in [6.07, 6.45) is 5.94. The van der Waals surface area contributed by atoms with Crippen molar-refractivity contribution in [1.82, 2.24) is 24.8 Å². The van der Waals surface area contributed by atoms with Crippen molar-refractivity contribution in [1.29, 1.82) is 0 Å². The zero-order valence-corrected chi connectivity index (χ0v) is 23.8. The number of anilines is 1. The zero-order valence-electron chi connectivity index (χ0n) is 23.8. The van der Waals surface area contributed by atoms with Gasteiger partial charge in [0.25, 0.3) is 5.91 Å². The van der Waals surface area contributed by atoms with Crippen LogP contribution in [0.2, 0.25) is 0 Å². The quantitative estimate of drug-likeness (QED) is 0.409. The first kappa shape index (κ1) is 27.1. The van der Waals surface area contributed by atoms with Crippen molar-refractivity contribution in [3.63, 3.8) is 0 Å². The average Bonchev–Trinajstić information content (AvgIpc) is 3.47. The van der Waals surface area contributed by atoms with Gasteiger partial charge >= 0.3 is 0 Å². The highest BCUT2D eigenvalue weighted by atomic mass is 16.2. The summed E-state index contributed by atoms with van der Waals surface area (Å²) in [6, 6.07) is 10.5. The van der Waals surface area contributed by atoms with Gasteiger partial charge in [-0.05, 0) is 79.8 Å². The summed E-state index contributed by atoms with van der Waals surface area (Å²) in [5.41, 5.74) is 4.68. The van der Waals surface area contributed by atoms with Gasteiger partial charge in [0.15, 0.2) is 0 Å². The third-order valence-corrected chi connectivity index (χ3v) is 8.68. The number of carbonyl (C=O) groups is 2. The van der Waals surface area contributed by atoms with Crippen molar-refractivity contribution >= 4 is 28.8 Å². The Morgan fingerprint density at radius 2 is 2.00 bits per heavy atom. The van der Waals surface area contributed by atoms with Crippen molar-refractivity contribution < 1.29 is 9.59 Å². The Balaban J connectivity index is 1.42. The van der Waals surface area contributed by atoms with Crippen LogP contribution in [0.15, 0.2) is 49.2 Å². The highest BCUT2D eigenvalue weighted by Gasteiger charge is 2.50. The highest BCUT2D eigenvalue weighted by molar-refractivity contribution is 6.04. The van der Waals surface area contributed by atoms with Gasteiger partial charge in [0.2, 0.25) is 11.9 Å². The molecule has 3 aromatic rings. The molecule has 39 heavy (non-hydrogen) atoms. The Morgan fingerprint density at radius 1 is 1.23 bits per heavy atom. The summed E-state index contributed by atoms with van der Waals surface area (Å²) in [4.78, 5) is 36.4. The smallest absolute Gasteiger partial charge is 0.258 e. The van der Waals surface area contributed by atoms with Crippen molar-refractivity contribution in [3.8, 4) is 0 Å². The molecule has 2 amide bonds. The minimum absolute atomic E-state index is 0.00548. The van der Waals surface area contributed by atoms with Crippen molar-refractivity contribution in [2.45, 2.75) is 72.5 Å². The van der Waals surface area contributed by atoms with E-state index >= 15 is 0 Å². The third kappa shape index (κ3) is 5.48. The standard InChI is InChI=1S/C31H40N6O2/c1-7-27(38)36-13-11-31(19-36)16-24(17-31)37-26-9-8-22(18-33-21(3)30(4,5)6)15-25(26)34-29(37)35-28(39)23-10-12-32-20(2)14-23/h7-10,12,14-15,21,24,33H,1,11,13,16-19H2,2-6H3,(H,34,35,39)/t21-,24-,31-/m0/s1. The molecule has 0 bridgehead atoms. The molecule has 2 N–H and O–H groups in total. The zero-order chi connectivity index (χ0) is 27.9. The maximum absolute atomic E-state index is 13.2. The van der Waals surface area contributed by atoms with Crippen LogP contribution in [-0.4, -0.2) is 50.4 Å². The van der Waals surface area contributed by atoms with Crippen LogP contribution in [0.25, 0.3) is 11.0 Å². The summed E-state index contributed by atoms with van der Waals surface area (Å²) in [7, 11) is 0. The van der Waals surface area contributed by atoms with Crippen LogP contribution in [0.5, 0.6) is 0 Å². The van der Waals surface area contributed by atoms with Gasteiger partial charge in [-0.15, -0.1) is 0 Å². The van der Waals surface area contributed by atoms with Gasteiger partial charge < -0.3 is 14.8 Å². The molecule has 0 radical (unpaired) electrons. The predicted molar refractivity (Wildman–Crippen MR) is 155 cm³/mol. The molecule has 1 spiro atoms. The number of hydrogen-bond acceptors (Lipinski definition) is 5. The number of nitrogens with one attached hydrogen (secondary N) is 2. The second-order valence-corrected chi connectivity index (χ2v) is 12.5. The molecule has 2 aromatic heterocycles. The van der Waals surface area contributed by atoms with E-state index in [0.29, 0.717) is 17.6 Å². The number of aromatic nitrogens is 3. The maximum Gasteiger partial charge on any atom is 0.258 e. The molecule has 206 valence electrons. The number of fused-ring (bicyclic) bond motifs is 1. The Bertz CT molecular complexity index is 1410. The highest BCUT2D eigenvalue weighted by Crippen LogP contribution is 2.55. The van der Waals surface area contributed by atoms with Crippen LogP contribution in [0.3, 0.4) is 0 Å². The topological polar surface area (TPSA) is 92.2 Å². The number of hydrogen-bond donors (Lipinski definition) is 2. The normalized spacial score (nSPS) is 21.7. The van der Waals surface area contributed by atoms with Crippen molar-refractivity contribution in [3.05, 3.63) is 66.0 Å². The monoisotopic (exact) mass is 528 g/mol. The van der Waals surface area contributed by atoms with Gasteiger partial charge in [0, 0.05) is 49.2 Å². The summed E-state index contributed by atoms with van der Waals surface area (Å²) in [5.74, 6) is 0.371. The number of likely N-dealkylation sites (tertiary alicyclic amines) is 1. The molecule has 8 heteroatoms. The molecule has 2 fully saturated rings. The largest absolute Gasteiger partial charge is 0.339 e. The first-order valence-corrected chi connectivity index (χ1v) is 13.9. The van der Waals surface area contributed by atoms with Gasteiger partial charge in [-0.3, -0.25) is 19.9 Å². The second kappa shape index (κ2) is 10.2. The molecule has 0 unspecified atom stereocenters. The van der Waals surface area contributed by atoms with E-state index in [2.05, 4.69) is 72.7 Å². The van der Waals surface area contributed by atoms with E-state index in [1.165, 1.54) is 6.08 Å². The van der Waals surface area contributed by atoms with Gasteiger partial charge in [-0.1, -0.05) is 33.4 Å². The van der Waals surface area contributed by atoms with Crippen LogP contribution in [0.1, 0.15) is 74.6 Å². The molecule has 1 saturated heterocycles. The molecule has 1 aliphatic carbocycles. The van der Waals surface area contributed by atoms with E-state index in [9.17, 15) is 9.59 Å². The summed E-state index contributed by atoms with van der Waals surface area (Å²) >= 11 is 0. The molecule has 1 saturated carbocycles. The van der Waals surface area contributed by atoms with Crippen LogP contribution >= 0.6 is 0 Å². The van der Waals surface area contributed by atoms with Gasteiger partial charge in [0.05, 0.1) is 11.0 Å².